The summed E-state index contributed by atoms with van der Waals surface area (Å²) in [5.41, 5.74) is 6.59. The number of rotatable bonds is 7. The van der Waals surface area contributed by atoms with Gasteiger partial charge in [0, 0.05) is 43.9 Å². The number of benzene rings is 1. The summed E-state index contributed by atoms with van der Waals surface area (Å²) in [6, 6.07) is 3.18. The minimum Gasteiger partial charge on any atom is -0.486 e. The lowest BCUT2D eigenvalue weighted by atomic mass is 9.93. The average molecular weight is 429 g/mol. The molecule has 2 aliphatic rings. The largest absolute Gasteiger partial charge is 0.486 e. The van der Waals surface area contributed by atoms with Crippen LogP contribution in [0.25, 0.3) is 0 Å². The minimum atomic E-state index is -3.22. The lowest BCUT2D eigenvalue weighted by Gasteiger charge is -2.36. The van der Waals surface area contributed by atoms with Crippen LogP contribution in [0.2, 0.25) is 0 Å². The fraction of sp³-hybridized carbons (Fsp3) is 0.611. The van der Waals surface area contributed by atoms with Crippen LogP contribution in [0.4, 0.5) is 5.69 Å². The molecule has 2 heterocycles. The van der Waals surface area contributed by atoms with Gasteiger partial charge in [0.1, 0.15) is 13.2 Å². The first-order valence-electron chi connectivity index (χ1n) is 9.55. The topological polar surface area (TPSA) is 143 Å². The van der Waals surface area contributed by atoms with Crippen molar-refractivity contribution in [2.24, 2.45) is 5.92 Å². The third kappa shape index (κ3) is 5.95. The molecule has 3 rings (SSSR count). The zero-order valence-electron chi connectivity index (χ0n) is 16.4. The zero-order valence-corrected chi connectivity index (χ0v) is 17.2. The predicted octanol–water partition coefficient (Wildman–Crippen LogP) is -0.998. The molecule has 1 fully saturated rings. The van der Waals surface area contributed by atoms with E-state index in [4.69, 9.17) is 15.2 Å². The fourth-order valence-corrected chi connectivity index (χ4v) is 4.00. The summed E-state index contributed by atoms with van der Waals surface area (Å²) in [6.45, 7) is 3.06. The molecule has 1 saturated heterocycles. The Morgan fingerprint density at radius 2 is 2.10 bits per heavy atom. The Balaban J connectivity index is 1.51. The molecule has 2 aliphatic heterocycles. The van der Waals surface area contributed by atoms with Crippen molar-refractivity contribution >= 4 is 21.6 Å². The number of nitrogens with one attached hydrogen (secondary N) is 2. The number of nitrogens with zero attached hydrogens (tertiary/aromatic N) is 1. The molecular formula is C18H28N4O6S. The molecule has 1 aromatic rings. The summed E-state index contributed by atoms with van der Waals surface area (Å²) in [4.78, 5) is 14.7. The summed E-state index contributed by atoms with van der Waals surface area (Å²) in [5, 5.41) is 13.3. The molecule has 0 aliphatic carbocycles. The number of carbonyl (C=O) groups excluding carboxylic acids is 1. The van der Waals surface area contributed by atoms with Gasteiger partial charge in [0.25, 0.3) is 5.91 Å². The number of aliphatic hydroxyl groups is 1. The average Bonchev–Trinajstić information content (AvgIpc) is 2.65. The second kappa shape index (κ2) is 9.16. The highest BCUT2D eigenvalue weighted by Crippen LogP contribution is 2.36. The number of sulfonamides is 1. The van der Waals surface area contributed by atoms with Crippen LogP contribution >= 0.6 is 0 Å². The normalized spacial score (nSPS) is 22.3. The molecule has 0 bridgehead atoms. The third-order valence-corrected chi connectivity index (χ3v) is 5.76. The smallest absolute Gasteiger partial charge is 0.255 e. The molecule has 11 heteroatoms. The summed E-state index contributed by atoms with van der Waals surface area (Å²) < 4.78 is 35.8. The molecule has 0 spiro atoms. The van der Waals surface area contributed by atoms with Crippen LogP contribution < -0.4 is 25.2 Å². The number of ether oxygens (including phenoxy) is 2. The molecule has 0 unspecified atom stereocenters. The molecule has 162 valence electrons. The Bertz CT molecular complexity index is 847. The maximum Gasteiger partial charge on any atom is 0.255 e. The Hall–Kier alpha value is -2.08. The van der Waals surface area contributed by atoms with Crippen LogP contribution in [0.15, 0.2) is 12.1 Å². The first-order valence-corrected chi connectivity index (χ1v) is 11.4. The lowest BCUT2D eigenvalue weighted by molar-refractivity contribution is 0.0231. The van der Waals surface area contributed by atoms with Gasteiger partial charge < -0.3 is 25.6 Å². The van der Waals surface area contributed by atoms with E-state index in [0.29, 0.717) is 75.1 Å². The van der Waals surface area contributed by atoms with Gasteiger partial charge in [-0.2, -0.15) is 0 Å². The molecule has 0 radical (unpaired) electrons. The SMILES string of the molecule is CS(=O)(=O)NCCN1CC[C@@H](CNC(=O)c2cc(N)cc3c2OCCO3)[C@H](O)C1. The third-order valence-electron chi connectivity index (χ3n) is 5.03. The summed E-state index contributed by atoms with van der Waals surface area (Å²) in [7, 11) is -3.22. The van der Waals surface area contributed by atoms with Gasteiger partial charge in [0.2, 0.25) is 10.0 Å². The highest BCUT2D eigenvalue weighted by molar-refractivity contribution is 7.88. The molecule has 0 saturated carbocycles. The number of aliphatic hydroxyl groups excluding tert-OH is 1. The van der Waals surface area contributed by atoms with E-state index < -0.39 is 16.1 Å². The van der Waals surface area contributed by atoms with Crippen LogP contribution in [0.3, 0.4) is 0 Å². The Labute approximate surface area is 170 Å². The number of β-amino-alcohol motifs (C(OH)–C–C–N with tert-alkyl or cyclic N) is 1. The second-order valence-corrected chi connectivity index (χ2v) is 9.22. The Kier molecular flexibility index (Phi) is 6.83. The van der Waals surface area contributed by atoms with Crippen molar-refractivity contribution < 1.29 is 27.8 Å². The number of hydrogen-bond acceptors (Lipinski definition) is 8. The Morgan fingerprint density at radius 1 is 1.34 bits per heavy atom. The fourth-order valence-electron chi connectivity index (χ4n) is 3.54. The van der Waals surface area contributed by atoms with Gasteiger partial charge in [-0.1, -0.05) is 0 Å². The maximum absolute atomic E-state index is 12.7. The first-order chi connectivity index (χ1) is 13.7. The van der Waals surface area contributed by atoms with Crippen molar-refractivity contribution in [3.05, 3.63) is 17.7 Å². The van der Waals surface area contributed by atoms with Crippen LogP contribution in [-0.4, -0.2) is 82.6 Å². The first kappa shape index (κ1) is 21.6. The van der Waals surface area contributed by atoms with Gasteiger partial charge in [-0.3, -0.25) is 9.69 Å². The quantitative estimate of drug-likeness (QED) is 0.405. The van der Waals surface area contributed by atoms with Gasteiger partial charge in [0.05, 0.1) is 17.9 Å². The molecule has 0 aromatic heterocycles. The molecule has 1 amide bonds. The van der Waals surface area contributed by atoms with Crippen molar-refractivity contribution in [1.29, 1.82) is 0 Å². The standard InChI is InChI=1S/C18H28N4O6S/c1-29(25,26)21-3-5-22-4-2-12(15(23)11-22)10-20-18(24)14-8-13(19)9-16-17(14)28-7-6-27-16/h8-9,12,15,21,23H,2-7,10-11,19H2,1H3,(H,20,24)/t12-,15+/m0/s1. The van der Waals surface area contributed by atoms with Gasteiger partial charge in [0.15, 0.2) is 11.5 Å². The number of anilines is 1. The van der Waals surface area contributed by atoms with Crippen molar-refractivity contribution in [1.82, 2.24) is 14.9 Å². The monoisotopic (exact) mass is 428 g/mol. The van der Waals surface area contributed by atoms with Gasteiger partial charge in [-0.25, -0.2) is 13.1 Å². The van der Waals surface area contributed by atoms with Crippen molar-refractivity contribution in [2.45, 2.75) is 12.5 Å². The maximum atomic E-state index is 12.7. The van der Waals surface area contributed by atoms with E-state index in [1.807, 2.05) is 4.90 Å². The second-order valence-electron chi connectivity index (χ2n) is 7.39. The highest BCUT2D eigenvalue weighted by atomic mass is 32.2. The van der Waals surface area contributed by atoms with E-state index in [9.17, 15) is 18.3 Å². The highest BCUT2D eigenvalue weighted by Gasteiger charge is 2.29. The van der Waals surface area contributed by atoms with E-state index in [1.54, 1.807) is 12.1 Å². The molecule has 10 nitrogen and oxygen atoms in total. The number of nitrogens with two attached hydrogens (primary N) is 1. The van der Waals surface area contributed by atoms with E-state index in [-0.39, 0.29) is 11.8 Å². The van der Waals surface area contributed by atoms with Crippen LogP contribution in [0, 0.1) is 5.92 Å². The number of fused-ring (bicyclic) bond motifs is 1. The number of hydrogen-bond donors (Lipinski definition) is 4. The van der Waals surface area contributed by atoms with Crippen LogP contribution in [-0.2, 0) is 10.0 Å². The minimum absolute atomic E-state index is 0.0906. The van der Waals surface area contributed by atoms with Crippen LogP contribution in [0.5, 0.6) is 11.5 Å². The zero-order chi connectivity index (χ0) is 21.0. The van der Waals surface area contributed by atoms with E-state index >= 15 is 0 Å². The van der Waals surface area contributed by atoms with E-state index in [1.165, 1.54) is 0 Å². The summed E-state index contributed by atoms with van der Waals surface area (Å²) >= 11 is 0. The summed E-state index contributed by atoms with van der Waals surface area (Å²) in [6.07, 6.45) is 1.19. The van der Waals surface area contributed by atoms with E-state index in [0.717, 1.165) is 6.26 Å². The molecule has 5 N–H and O–H groups in total. The van der Waals surface area contributed by atoms with Gasteiger partial charge >= 0.3 is 0 Å². The molecule has 2 atom stereocenters. The van der Waals surface area contributed by atoms with Crippen molar-refractivity contribution in [3.8, 4) is 11.5 Å². The van der Waals surface area contributed by atoms with Gasteiger partial charge in [-0.15, -0.1) is 0 Å². The number of likely N-dealkylation sites (tertiary alicyclic amines) is 1. The predicted molar refractivity (Wildman–Crippen MR) is 108 cm³/mol. The van der Waals surface area contributed by atoms with Crippen LogP contribution in [0.1, 0.15) is 16.8 Å². The number of amides is 1. The molecular weight excluding hydrogens is 400 g/mol. The van der Waals surface area contributed by atoms with Gasteiger partial charge in [-0.05, 0) is 19.0 Å². The molecule has 1 aromatic carbocycles. The molecule has 29 heavy (non-hydrogen) atoms. The number of carbonyl (C=O) groups is 1. The lowest BCUT2D eigenvalue weighted by Crippen LogP contribution is -2.49. The summed E-state index contributed by atoms with van der Waals surface area (Å²) in [5.74, 6) is 0.423. The van der Waals surface area contributed by atoms with Crippen molar-refractivity contribution in [3.63, 3.8) is 0 Å². The van der Waals surface area contributed by atoms with E-state index in [2.05, 4.69) is 10.0 Å². The number of piperidine rings is 1. The number of nitrogen functional groups attached to an aromatic ring is 1. The Morgan fingerprint density at radius 3 is 2.83 bits per heavy atom. The van der Waals surface area contributed by atoms with Crippen molar-refractivity contribution in [2.75, 3.05) is 57.9 Å².